The molecule has 5 rings (SSSR count). The highest BCUT2D eigenvalue weighted by molar-refractivity contribution is 5.71. The number of amides is 1. The number of hydrogen-bond acceptors (Lipinski definition) is 8. The van der Waals surface area contributed by atoms with Gasteiger partial charge in [-0.25, -0.2) is 14.8 Å². The van der Waals surface area contributed by atoms with E-state index < -0.39 is 5.60 Å². The molecule has 36 heavy (non-hydrogen) atoms. The SMILES string of the molecule is CC(C)(C)OC(=O)N1CCNCC1c1ccc(Nc2ncc3ncc(=O)n(C4CCCC4)c3n2)cc1. The van der Waals surface area contributed by atoms with Gasteiger partial charge < -0.3 is 15.4 Å². The van der Waals surface area contributed by atoms with Gasteiger partial charge in [-0.15, -0.1) is 0 Å². The normalized spacial score (nSPS) is 19.0. The van der Waals surface area contributed by atoms with Crippen LogP contribution in [-0.2, 0) is 4.74 Å². The summed E-state index contributed by atoms with van der Waals surface area (Å²) in [6, 6.07) is 7.91. The Kier molecular flexibility index (Phi) is 6.61. The molecule has 1 atom stereocenters. The van der Waals surface area contributed by atoms with Crippen LogP contribution in [0.25, 0.3) is 11.2 Å². The fourth-order valence-corrected chi connectivity index (χ4v) is 4.96. The third-order valence-electron chi connectivity index (χ3n) is 6.64. The van der Waals surface area contributed by atoms with Crippen molar-refractivity contribution in [2.45, 2.75) is 64.1 Å². The van der Waals surface area contributed by atoms with Gasteiger partial charge in [0.25, 0.3) is 5.56 Å². The number of carbonyl (C=O) groups excluding carboxylic acids is 1. The second kappa shape index (κ2) is 9.85. The topological polar surface area (TPSA) is 114 Å². The number of carbonyl (C=O) groups is 1. The largest absolute Gasteiger partial charge is 0.444 e. The average molecular weight is 492 g/mol. The van der Waals surface area contributed by atoms with Crippen molar-refractivity contribution in [2.75, 3.05) is 25.0 Å². The van der Waals surface area contributed by atoms with Crippen LogP contribution in [0.1, 0.15) is 64.1 Å². The lowest BCUT2D eigenvalue weighted by Crippen LogP contribution is -2.50. The second-order valence-electron chi connectivity index (χ2n) is 10.4. The molecule has 1 unspecified atom stereocenters. The highest BCUT2D eigenvalue weighted by Gasteiger charge is 2.31. The van der Waals surface area contributed by atoms with E-state index in [9.17, 15) is 9.59 Å². The number of rotatable bonds is 4. The Labute approximate surface area is 210 Å². The van der Waals surface area contributed by atoms with Gasteiger partial charge in [-0.2, -0.15) is 4.98 Å². The molecular weight excluding hydrogens is 458 g/mol. The zero-order chi connectivity index (χ0) is 25.3. The van der Waals surface area contributed by atoms with Gasteiger partial charge in [-0.3, -0.25) is 14.3 Å². The maximum atomic E-state index is 12.8. The van der Waals surface area contributed by atoms with E-state index in [-0.39, 0.29) is 23.7 Å². The number of aromatic nitrogens is 4. The first-order chi connectivity index (χ1) is 17.3. The van der Waals surface area contributed by atoms with Crippen molar-refractivity contribution in [3.05, 3.63) is 52.6 Å². The van der Waals surface area contributed by atoms with Gasteiger partial charge in [0, 0.05) is 31.4 Å². The zero-order valence-corrected chi connectivity index (χ0v) is 21.0. The monoisotopic (exact) mass is 491 g/mol. The summed E-state index contributed by atoms with van der Waals surface area (Å²) in [5.41, 5.74) is 2.32. The molecule has 1 aliphatic heterocycles. The standard InChI is InChI=1S/C26H33N7O3/c1-26(2,3)36-25(35)32-13-12-27-15-21(32)17-8-10-18(11-9-17)30-24-29-14-20-23(31-24)33(22(34)16-28-20)19-6-4-5-7-19/h8-11,14,16,19,21,27H,4-7,12-13,15H2,1-3H3,(H,29,30,31). The molecule has 2 fully saturated rings. The highest BCUT2D eigenvalue weighted by Crippen LogP contribution is 2.30. The van der Waals surface area contributed by atoms with Crippen LogP contribution < -0.4 is 16.2 Å². The van der Waals surface area contributed by atoms with Gasteiger partial charge in [-0.05, 0) is 51.3 Å². The first-order valence-electron chi connectivity index (χ1n) is 12.6. The average Bonchev–Trinajstić information content (AvgIpc) is 3.38. The summed E-state index contributed by atoms with van der Waals surface area (Å²) in [4.78, 5) is 40.5. The van der Waals surface area contributed by atoms with Crippen molar-refractivity contribution in [1.82, 2.24) is 29.7 Å². The molecule has 0 radical (unpaired) electrons. The van der Waals surface area contributed by atoms with E-state index in [1.807, 2.05) is 45.0 Å². The molecule has 1 saturated carbocycles. The summed E-state index contributed by atoms with van der Waals surface area (Å²) >= 11 is 0. The van der Waals surface area contributed by atoms with Gasteiger partial charge in [0.1, 0.15) is 11.1 Å². The van der Waals surface area contributed by atoms with E-state index in [2.05, 4.69) is 25.6 Å². The Morgan fingerprint density at radius 2 is 1.86 bits per heavy atom. The smallest absolute Gasteiger partial charge is 0.410 e. The fourth-order valence-electron chi connectivity index (χ4n) is 4.96. The summed E-state index contributed by atoms with van der Waals surface area (Å²) in [7, 11) is 0. The van der Waals surface area contributed by atoms with Crippen LogP contribution in [-0.4, -0.2) is 55.7 Å². The second-order valence-corrected chi connectivity index (χ2v) is 10.4. The minimum Gasteiger partial charge on any atom is -0.444 e. The van der Waals surface area contributed by atoms with Crippen molar-refractivity contribution in [2.24, 2.45) is 0 Å². The Bertz CT molecular complexity index is 1290. The third kappa shape index (κ3) is 5.18. The molecule has 1 saturated heterocycles. The molecule has 10 heteroatoms. The first-order valence-corrected chi connectivity index (χ1v) is 12.6. The third-order valence-corrected chi connectivity index (χ3v) is 6.64. The Hall–Kier alpha value is -3.53. The first kappa shape index (κ1) is 24.2. The number of hydrogen-bond donors (Lipinski definition) is 2. The Morgan fingerprint density at radius 3 is 2.58 bits per heavy atom. The number of anilines is 2. The van der Waals surface area contributed by atoms with Crippen molar-refractivity contribution >= 4 is 28.9 Å². The van der Waals surface area contributed by atoms with Crippen LogP contribution in [0.4, 0.5) is 16.4 Å². The van der Waals surface area contributed by atoms with Crippen molar-refractivity contribution in [1.29, 1.82) is 0 Å². The summed E-state index contributed by atoms with van der Waals surface area (Å²) < 4.78 is 7.39. The Balaban J connectivity index is 1.36. The molecule has 10 nitrogen and oxygen atoms in total. The van der Waals surface area contributed by atoms with Crippen LogP contribution in [0.5, 0.6) is 0 Å². The molecule has 2 N–H and O–H groups in total. The molecule has 190 valence electrons. The van der Waals surface area contributed by atoms with Gasteiger partial charge in [0.15, 0.2) is 5.65 Å². The number of nitrogens with zero attached hydrogens (tertiary/aromatic N) is 5. The molecule has 2 aliphatic rings. The van der Waals surface area contributed by atoms with Crippen molar-refractivity contribution < 1.29 is 9.53 Å². The minimum atomic E-state index is -0.543. The van der Waals surface area contributed by atoms with E-state index in [4.69, 9.17) is 4.74 Å². The highest BCUT2D eigenvalue weighted by atomic mass is 16.6. The van der Waals surface area contributed by atoms with Gasteiger partial charge in [-0.1, -0.05) is 25.0 Å². The van der Waals surface area contributed by atoms with Crippen LogP contribution in [0.2, 0.25) is 0 Å². The lowest BCUT2D eigenvalue weighted by Gasteiger charge is -2.37. The van der Waals surface area contributed by atoms with Crippen molar-refractivity contribution in [3.8, 4) is 0 Å². The number of fused-ring (bicyclic) bond motifs is 1. The zero-order valence-electron chi connectivity index (χ0n) is 21.0. The number of piperazine rings is 1. The number of nitrogens with one attached hydrogen (secondary N) is 2. The van der Waals surface area contributed by atoms with Crippen LogP contribution in [0, 0.1) is 0 Å². The molecule has 2 aromatic heterocycles. The lowest BCUT2D eigenvalue weighted by molar-refractivity contribution is 0.0118. The van der Waals surface area contributed by atoms with Crippen LogP contribution in [0.3, 0.4) is 0 Å². The molecule has 3 heterocycles. The van der Waals surface area contributed by atoms with E-state index in [0.29, 0.717) is 30.2 Å². The fraction of sp³-hybridized carbons (Fsp3) is 0.500. The molecule has 1 aliphatic carbocycles. The molecule has 1 amide bonds. The quantitative estimate of drug-likeness (QED) is 0.564. The molecule has 1 aromatic carbocycles. The van der Waals surface area contributed by atoms with E-state index >= 15 is 0 Å². The maximum Gasteiger partial charge on any atom is 0.410 e. The summed E-state index contributed by atoms with van der Waals surface area (Å²) in [6.45, 7) is 7.60. The Morgan fingerprint density at radius 1 is 1.11 bits per heavy atom. The van der Waals surface area contributed by atoms with Crippen molar-refractivity contribution in [3.63, 3.8) is 0 Å². The van der Waals surface area contributed by atoms with Crippen LogP contribution in [0.15, 0.2) is 41.5 Å². The van der Waals surface area contributed by atoms with Crippen LogP contribution >= 0.6 is 0 Å². The van der Waals surface area contributed by atoms with E-state index in [1.54, 1.807) is 15.7 Å². The summed E-state index contributed by atoms with van der Waals surface area (Å²) in [5.74, 6) is 0.407. The van der Waals surface area contributed by atoms with E-state index in [1.165, 1.54) is 6.20 Å². The minimum absolute atomic E-state index is 0.119. The summed E-state index contributed by atoms with van der Waals surface area (Å²) in [5, 5.41) is 6.61. The molecule has 3 aromatic rings. The lowest BCUT2D eigenvalue weighted by atomic mass is 10.0. The summed E-state index contributed by atoms with van der Waals surface area (Å²) in [6.07, 6.45) is 6.89. The van der Waals surface area contributed by atoms with Gasteiger partial charge >= 0.3 is 6.09 Å². The predicted molar refractivity (Wildman–Crippen MR) is 137 cm³/mol. The predicted octanol–water partition coefficient (Wildman–Crippen LogP) is 3.93. The van der Waals surface area contributed by atoms with E-state index in [0.717, 1.165) is 43.5 Å². The number of benzene rings is 1. The molecular formula is C26H33N7O3. The maximum absolute atomic E-state index is 12.8. The van der Waals surface area contributed by atoms with Gasteiger partial charge in [0.05, 0.1) is 18.4 Å². The number of ether oxygens (including phenoxy) is 1. The molecule has 0 bridgehead atoms. The molecule has 0 spiro atoms. The van der Waals surface area contributed by atoms with Gasteiger partial charge in [0.2, 0.25) is 5.95 Å².